The molecule has 0 aliphatic heterocycles. The first kappa shape index (κ1) is 15.2. The molecular formula is C16H13ClN4O2. The van der Waals surface area contributed by atoms with Crippen LogP contribution >= 0.6 is 11.6 Å². The summed E-state index contributed by atoms with van der Waals surface area (Å²) >= 11 is 5.81. The molecule has 3 rings (SSSR count). The van der Waals surface area contributed by atoms with Crippen molar-refractivity contribution < 1.29 is 9.21 Å². The molecule has 2 heterocycles. The van der Waals surface area contributed by atoms with Crippen LogP contribution in [0.15, 0.2) is 53.2 Å². The predicted molar refractivity (Wildman–Crippen MR) is 84.5 cm³/mol. The van der Waals surface area contributed by atoms with E-state index in [1.807, 2.05) is 18.2 Å². The number of hydrogen-bond donors (Lipinski definition) is 1. The van der Waals surface area contributed by atoms with Crippen molar-refractivity contribution in [3.8, 4) is 11.5 Å². The molecule has 116 valence electrons. The molecule has 1 N–H and O–H groups in total. The highest BCUT2D eigenvalue weighted by atomic mass is 35.5. The Bertz CT molecular complexity index is 787. The second-order valence-electron chi connectivity index (χ2n) is 4.82. The number of rotatable bonds is 5. The summed E-state index contributed by atoms with van der Waals surface area (Å²) in [6, 6.07) is 10.7. The van der Waals surface area contributed by atoms with Gasteiger partial charge in [0.25, 0.3) is 0 Å². The molecule has 0 spiro atoms. The Hall–Kier alpha value is -2.73. The van der Waals surface area contributed by atoms with Crippen LogP contribution in [0.3, 0.4) is 0 Å². The molecule has 0 bridgehead atoms. The molecule has 0 radical (unpaired) electrons. The summed E-state index contributed by atoms with van der Waals surface area (Å²) in [5.74, 6) is 0.585. The van der Waals surface area contributed by atoms with Crippen LogP contribution in [0.2, 0.25) is 5.02 Å². The van der Waals surface area contributed by atoms with Crippen LogP contribution in [-0.4, -0.2) is 21.1 Å². The Morgan fingerprint density at radius 1 is 1.17 bits per heavy atom. The fourth-order valence-corrected chi connectivity index (χ4v) is 2.08. The highest BCUT2D eigenvalue weighted by Crippen LogP contribution is 2.15. The number of benzene rings is 1. The Balaban J connectivity index is 1.55. The van der Waals surface area contributed by atoms with Crippen molar-refractivity contribution in [3.05, 3.63) is 65.3 Å². The van der Waals surface area contributed by atoms with E-state index in [9.17, 15) is 4.79 Å². The quantitative estimate of drug-likeness (QED) is 0.778. The van der Waals surface area contributed by atoms with Gasteiger partial charge in [-0.3, -0.25) is 9.78 Å². The third-order valence-corrected chi connectivity index (χ3v) is 3.34. The summed E-state index contributed by atoms with van der Waals surface area (Å²) in [6.45, 7) is 0.180. The predicted octanol–water partition coefficient (Wildman–Crippen LogP) is 2.64. The van der Waals surface area contributed by atoms with E-state index in [1.54, 1.807) is 30.6 Å². The van der Waals surface area contributed by atoms with Gasteiger partial charge in [-0.25, -0.2) is 0 Å². The number of aromatic nitrogens is 3. The van der Waals surface area contributed by atoms with Gasteiger partial charge in [0.05, 0.1) is 18.5 Å². The molecule has 0 unspecified atom stereocenters. The van der Waals surface area contributed by atoms with Crippen molar-refractivity contribution in [2.45, 2.75) is 13.0 Å². The first-order chi connectivity index (χ1) is 11.2. The number of hydrogen-bond acceptors (Lipinski definition) is 5. The van der Waals surface area contributed by atoms with Crippen molar-refractivity contribution in [3.63, 3.8) is 0 Å². The third-order valence-electron chi connectivity index (χ3n) is 3.09. The molecule has 0 saturated heterocycles. The zero-order valence-electron chi connectivity index (χ0n) is 12.1. The molecular weight excluding hydrogens is 316 g/mol. The molecule has 0 fully saturated rings. The molecule has 3 aromatic rings. The lowest BCUT2D eigenvalue weighted by Gasteiger charge is -2.03. The van der Waals surface area contributed by atoms with Crippen LogP contribution in [0.25, 0.3) is 11.5 Å². The van der Waals surface area contributed by atoms with Gasteiger partial charge in [-0.2, -0.15) is 0 Å². The maximum Gasteiger partial charge on any atom is 0.249 e. The van der Waals surface area contributed by atoms with Crippen LogP contribution in [-0.2, 0) is 17.8 Å². The van der Waals surface area contributed by atoms with Crippen LogP contribution in [0, 0.1) is 0 Å². The van der Waals surface area contributed by atoms with E-state index in [2.05, 4.69) is 20.5 Å². The van der Waals surface area contributed by atoms with Crippen LogP contribution in [0.1, 0.15) is 11.5 Å². The smallest absolute Gasteiger partial charge is 0.249 e. The number of carbonyl (C=O) groups is 1. The Morgan fingerprint density at radius 2 is 2.00 bits per heavy atom. The molecule has 1 amide bonds. The molecule has 2 aromatic heterocycles. The van der Waals surface area contributed by atoms with E-state index in [0.717, 1.165) is 11.1 Å². The Kier molecular flexibility index (Phi) is 4.63. The van der Waals surface area contributed by atoms with Crippen molar-refractivity contribution in [1.82, 2.24) is 20.5 Å². The highest BCUT2D eigenvalue weighted by Gasteiger charge is 2.10. The third kappa shape index (κ3) is 4.14. The Morgan fingerprint density at radius 3 is 2.74 bits per heavy atom. The first-order valence-corrected chi connectivity index (χ1v) is 7.32. The van der Waals surface area contributed by atoms with Gasteiger partial charge in [-0.05, 0) is 29.8 Å². The van der Waals surface area contributed by atoms with Crippen LogP contribution in [0.4, 0.5) is 0 Å². The van der Waals surface area contributed by atoms with Gasteiger partial charge in [0.2, 0.25) is 17.7 Å². The summed E-state index contributed by atoms with van der Waals surface area (Å²) < 4.78 is 5.49. The van der Waals surface area contributed by atoms with Gasteiger partial charge in [0.15, 0.2) is 0 Å². The van der Waals surface area contributed by atoms with E-state index in [-0.39, 0.29) is 18.9 Å². The minimum Gasteiger partial charge on any atom is -0.419 e. The summed E-state index contributed by atoms with van der Waals surface area (Å²) in [5.41, 5.74) is 1.62. The lowest BCUT2D eigenvalue weighted by molar-refractivity contribution is -0.120. The van der Waals surface area contributed by atoms with Crippen molar-refractivity contribution >= 4 is 17.5 Å². The molecule has 7 heteroatoms. The standard InChI is InChI=1S/C16H13ClN4O2/c17-13-5-3-11(4-6-13)8-14(22)19-10-15-20-21-16(23-15)12-2-1-7-18-9-12/h1-7,9H,8,10H2,(H,19,22). The van der Waals surface area contributed by atoms with E-state index in [0.29, 0.717) is 16.8 Å². The molecule has 0 atom stereocenters. The van der Waals surface area contributed by atoms with E-state index in [1.165, 1.54) is 0 Å². The number of halogens is 1. The lowest BCUT2D eigenvalue weighted by atomic mass is 10.1. The second kappa shape index (κ2) is 7.02. The van der Waals surface area contributed by atoms with Gasteiger partial charge in [-0.15, -0.1) is 10.2 Å². The monoisotopic (exact) mass is 328 g/mol. The van der Waals surface area contributed by atoms with E-state index in [4.69, 9.17) is 16.0 Å². The zero-order valence-corrected chi connectivity index (χ0v) is 12.8. The minimum absolute atomic E-state index is 0.131. The molecule has 0 saturated carbocycles. The molecule has 23 heavy (non-hydrogen) atoms. The number of nitrogens with zero attached hydrogens (tertiary/aromatic N) is 3. The fraction of sp³-hybridized carbons (Fsp3) is 0.125. The summed E-state index contributed by atoms with van der Waals surface area (Å²) in [4.78, 5) is 15.9. The van der Waals surface area contributed by atoms with Gasteiger partial charge in [0.1, 0.15) is 0 Å². The molecule has 6 nitrogen and oxygen atoms in total. The van der Waals surface area contributed by atoms with Crippen LogP contribution in [0.5, 0.6) is 0 Å². The fourth-order valence-electron chi connectivity index (χ4n) is 1.96. The van der Waals surface area contributed by atoms with Crippen LogP contribution < -0.4 is 5.32 Å². The summed E-state index contributed by atoms with van der Waals surface area (Å²) in [6.07, 6.45) is 3.56. The van der Waals surface area contributed by atoms with Crippen molar-refractivity contribution in [2.75, 3.05) is 0 Å². The van der Waals surface area contributed by atoms with Gasteiger partial charge < -0.3 is 9.73 Å². The SMILES string of the molecule is O=C(Cc1ccc(Cl)cc1)NCc1nnc(-c2cccnc2)o1. The number of pyridine rings is 1. The first-order valence-electron chi connectivity index (χ1n) is 6.94. The van der Waals surface area contributed by atoms with Crippen molar-refractivity contribution in [1.29, 1.82) is 0 Å². The number of nitrogens with one attached hydrogen (secondary N) is 1. The topological polar surface area (TPSA) is 80.9 Å². The van der Waals surface area contributed by atoms with Gasteiger partial charge in [-0.1, -0.05) is 23.7 Å². The average molecular weight is 329 g/mol. The lowest BCUT2D eigenvalue weighted by Crippen LogP contribution is -2.24. The normalized spacial score (nSPS) is 10.5. The Labute approximate surface area is 137 Å². The number of carbonyl (C=O) groups excluding carboxylic acids is 1. The van der Waals surface area contributed by atoms with Crippen molar-refractivity contribution in [2.24, 2.45) is 0 Å². The maximum absolute atomic E-state index is 11.9. The highest BCUT2D eigenvalue weighted by molar-refractivity contribution is 6.30. The van der Waals surface area contributed by atoms with Gasteiger partial charge >= 0.3 is 0 Å². The second-order valence-corrected chi connectivity index (χ2v) is 5.26. The summed E-state index contributed by atoms with van der Waals surface area (Å²) in [5, 5.41) is 11.2. The molecule has 1 aromatic carbocycles. The molecule has 0 aliphatic rings. The van der Waals surface area contributed by atoms with E-state index < -0.39 is 0 Å². The van der Waals surface area contributed by atoms with Gasteiger partial charge in [0, 0.05) is 17.4 Å². The summed E-state index contributed by atoms with van der Waals surface area (Å²) in [7, 11) is 0. The maximum atomic E-state index is 11.9. The average Bonchev–Trinajstić information content (AvgIpc) is 3.05. The number of amides is 1. The van der Waals surface area contributed by atoms with E-state index >= 15 is 0 Å². The largest absolute Gasteiger partial charge is 0.419 e. The zero-order chi connectivity index (χ0) is 16.1. The minimum atomic E-state index is -0.131. The molecule has 0 aliphatic carbocycles.